The Balaban J connectivity index is -0.000000220. The molecule has 0 spiro atoms. The van der Waals surface area contributed by atoms with Gasteiger partial charge < -0.3 is 21.1 Å². The number of aliphatic hydroxyl groups excluding tert-OH is 1. The van der Waals surface area contributed by atoms with E-state index in [4.69, 9.17) is 20.1 Å². The van der Waals surface area contributed by atoms with Crippen molar-refractivity contribution in [1.29, 1.82) is 0 Å². The van der Waals surface area contributed by atoms with Crippen LogP contribution in [0.5, 0.6) is 0 Å². The summed E-state index contributed by atoms with van der Waals surface area (Å²) >= 11 is 0. The highest BCUT2D eigenvalue weighted by Crippen LogP contribution is 1.89. The first kappa shape index (κ1) is 17.5. The number of carboxylic acids is 2. The van der Waals surface area contributed by atoms with Gasteiger partial charge in [-0.2, -0.15) is 0 Å². The van der Waals surface area contributed by atoms with Gasteiger partial charge in [0.15, 0.2) is 6.10 Å². The molecule has 0 radical (unpaired) electrons. The fourth-order valence-corrected chi connectivity index (χ4v) is 0.253. The zero-order valence-electron chi connectivity index (χ0n) is 6.01. The molecule has 13 heavy (non-hydrogen) atoms. The van der Waals surface area contributed by atoms with Gasteiger partial charge in [0.1, 0.15) is 0 Å². The van der Waals surface area contributed by atoms with Gasteiger partial charge in [0.2, 0.25) is 6.41 Å². The lowest BCUT2D eigenvalue weighted by Gasteiger charge is -1.97. The summed E-state index contributed by atoms with van der Waals surface area (Å²) in [5.74, 6) is -2.85. The molecule has 0 rings (SSSR count). The van der Waals surface area contributed by atoms with Crippen LogP contribution in [0.25, 0.3) is 0 Å². The summed E-state index contributed by atoms with van der Waals surface area (Å²) in [6.07, 6.45) is -2.29. The van der Waals surface area contributed by atoms with E-state index in [1.165, 1.54) is 0 Å². The van der Waals surface area contributed by atoms with Crippen LogP contribution in [-0.4, -0.2) is 39.8 Å². The number of hydrogen-bond donors (Lipinski definition) is 4. The predicted octanol–water partition coefficient (Wildman–Crippen LogP) is -1.36. The summed E-state index contributed by atoms with van der Waals surface area (Å²) in [7, 11) is 0. The van der Waals surface area contributed by atoms with Crippen LogP contribution in [0, 0.1) is 0 Å². The van der Waals surface area contributed by atoms with Crippen LogP contribution in [0.2, 0.25) is 0 Å². The third-order valence-corrected chi connectivity index (χ3v) is 0.653. The summed E-state index contributed by atoms with van der Waals surface area (Å²) in [5.41, 5.74) is 4.17. The Bertz CT molecular complexity index is 169. The molecule has 0 bridgehead atoms. The molecule has 0 aromatic carbocycles. The van der Waals surface area contributed by atoms with Crippen LogP contribution >= 0.6 is 0 Å². The SMILES string of the molecule is C.NC=O.O=C(O)CC(O)C(=O)O. The van der Waals surface area contributed by atoms with Crippen molar-refractivity contribution in [1.82, 2.24) is 0 Å². The van der Waals surface area contributed by atoms with Crippen LogP contribution in [0.1, 0.15) is 13.8 Å². The molecule has 7 nitrogen and oxygen atoms in total. The molecule has 0 aliphatic heterocycles. The minimum absolute atomic E-state index is 0. The summed E-state index contributed by atoms with van der Waals surface area (Å²) in [5, 5.41) is 24.1. The van der Waals surface area contributed by atoms with Gasteiger partial charge in [-0.25, -0.2) is 4.79 Å². The van der Waals surface area contributed by atoms with Crippen molar-refractivity contribution in [2.75, 3.05) is 0 Å². The molecular formula is C6H13NO6. The highest BCUT2D eigenvalue weighted by molar-refractivity contribution is 5.79. The Morgan fingerprint density at radius 3 is 1.77 bits per heavy atom. The lowest BCUT2D eigenvalue weighted by Crippen LogP contribution is -2.22. The minimum Gasteiger partial charge on any atom is -0.481 e. The van der Waals surface area contributed by atoms with Gasteiger partial charge in [0.05, 0.1) is 6.42 Å². The summed E-state index contributed by atoms with van der Waals surface area (Å²) in [6, 6.07) is 0. The largest absolute Gasteiger partial charge is 0.481 e. The van der Waals surface area contributed by atoms with Crippen LogP contribution in [0.4, 0.5) is 0 Å². The molecule has 1 amide bonds. The fraction of sp³-hybridized carbons (Fsp3) is 0.500. The van der Waals surface area contributed by atoms with E-state index in [0.29, 0.717) is 0 Å². The minimum atomic E-state index is -1.79. The molecule has 7 heteroatoms. The van der Waals surface area contributed by atoms with Crippen LogP contribution in [0.15, 0.2) is 0 Å². The summed E-state index contributed by atoms with van der Waals surface area (Å²) in [4.78, 5) is 28.0. The predicted molar refractivity (Wildman–Crippen MR) is 42.9 cm³/mol. The number of primary amides is 1. The van der Waals surface area contributed by atoms with Gasteiger partial charge in [-0.15, -0.1) is 0 Å². The van der Waals surface area contributed by atoms with Crippen molar-refractivity contribution in [2.45, 2.75) is 20.0 Å². The molecule has 1 atom stereocenters. The van der Waals surface area contributed by atoms with E-state index in [1.807, 2.05) is 0 Å². The van der Waals surface area contributed by atoms with Gasteiger partial charge >= 0.3 is 11.9 Å². The number of carbonyl (C=O) groups excluding carboxylic acids is 1. The molecule has 0 aliphatic rings. The molecule has 0 fully saturated rings. The van der Waals surface area contributed by atoms with Crippen molar-refractivity contribution >= 4 is 18.3 Å². The highest BCUT2D eigenvalue weighted by Gasteiger charge is 2.16. The molecule has 0 aromatic heterocycles. The lowest BCUT2D eigenvalue weighted by molar-refractivity contribution is -0.152. The molecular weight excluding hydrogens is 182 g/mol. The molecule has 0 heterocycles. The second-order valence-electron chi connectivity index (χ2n) is 1.59. The van der Waals surface area contributed by atoms with Crippen molar-refractivity contribution in [3.05, 3.63) is 0 Å². The van der Waals surface area contributed by atoms with Gasteiger partial charge in [-0.05, 0) is 0 Å². The van der Waals surface area contributed by atoms with Gasteiger partial charge in [0, 0.05) is 0 Å². The zero-order chi connectivity index (χ0) is 10.1. The van der Waals surface area contributed by atoms with Crippen LogP contribution in [-0.2, 0) is 14.4 Å². The van der Waals surface area contributed by atoms with Gasteiger partial charge in [0.25, 0.3) is 0 Å². The molecule has 0 saturated carbocycles. The number of aliphatic hydroxyl groups is 1. The first-order chi connectivity index (χ1) is 5.45. The first-order valence-corrected chi connectivity index (χ1v) is 2.73. The first-order valence-electron chi connectivity index (χ1n) is 2.73. The number of hydrogen-bond acceptors (Lipinski definition) is 4. The van der Waals surface area contributed by atoms with E-state index in [1.54, 1.807) is 0 Å². The normalized spacial score (nSPS) is 9.62. The number of amides is 1. The Kier molecular flexibility index (Phi) is 13.9. The number of rotatable bonds is 3. The maximum absolute atomic E-state index is 9.72. The molecule has 0 aliphatic carbocycles. The number of carboxylic acid groups (broad SMARTS) is 2. The van der Waals surface area contributed by atoms with E-state index in [-0.39, 0.29) is 13.8 Å². The summed E-state index contributed by atoms with van der Waals surface area (Å²) < 4.78 is 0. The lowest BCUT2D eigenvalue weighted by atomic mass is 10.3. The standard InChI is InChI=1S/C4H6O5.CH3NO.CH4/c5-2(4(8)9)1-3(6)7;2-1-3;/h2,5H,1H2,(H,6,7)(H,8,9);1H,(H2,2,3);1H4. The van der Waals surface area contributed by atoms with Crippen molar-refractivity contribution in [3.63, 3.8) is 0 Å². The van der Waals surface area contributed by atoms with E-state index in [2.05, 4.69) is 5.73 Å². The van der Waals surface area contributed by atoms with E-state index < -0.39 is 24.5 Å². The smallest absolute Gasteiger partial charge is 0.333 e. The van der Waals surface area contributed by atoms with Crippen LogP contribution in [0.3, 0.4) is 0 Å². The number of nitrogens with two attached hydrogens (primary N) is 1. The molecule has 0 saturated heterocycles. The summed E-state index contributed by atoms with van der Waals surface area (Å²) in [6.45, 7) is 0. The molecule has 78 valence electrons. The van der Waals surface area contributed by atoms with Gasteiger partial charge in [-0.3, -0.25) is 9.59 Å². The second-order valence-corrected chi connectivity index (χ2v) is 1.59. The Morgan fingerprint density at radius 1 is 1.38 bits per heavy atom. The maximum Gasteiger partial charge on any atom is 0.333 e. The van der Waals surface area contributed by atoms with Crippen molar-refractivity contribution in [3.8, 4) is 0 Å². The van der Waals surface area contributed by atoms with Gasteiger partial charge in [-0.1, -0.05) is 7.43 Å². The third kappa shape index (κ3) is 17.9. The topological polar surface area (TPSA) is 138 Å². The molecule has 5 N–H and O–H groups in total. The monoisotopic (exact) mass is 195 g/mol. The average molecular weight is 195 g/mol. The maximum atomic E-state index is 9.72. The molecule has 1 unspecified atom stereocenters. The van der Waals surface area contributed by atoms with Crippen molar-refractivity contribution in [2.24, 2.45) is 5.73 Å². The van der Waals surface area contributed by atoms with Crippen molar-refractivity contribution < 1.29 is 29.7 Å². The number of carbonyl (C=O) groups is 3. The second kappa shape index (κ2) is 10.4. The Hall–Kier alpha value is -1.63. The quantitative estimate of drug-likeness (QED) is 0.410. The van der Waals surface area contributed by atoms with E-state index in [9.17, 15) is 9.59 Å². The fourth-order valence-electron chi connectivity index (χ4n) is 0.253. The third-order valence-electron chi connectivity index (χ3n) is 0.653. The highest BCUT2D eigenvalue weighted by atomic mass is 16.4. The number of aliphatic carboxylic acids is 2. The Labute approximate surface area is 74.8 Å². The van der Waals surface area contributed by atoms with E-state index >= 15 is 0 Å². The Morgan fingerprint density at radius 2 is 1.69 bits per heavy atom. The molecule has 0 aromatic rings. The van der Waals surface area contributed by atoms with Crippen LogP contribution < -0.4 is 5.73 Å². The average Bonchev–Trinajstić information content (AvgIpc) is 1.87. The van der Waals surface area contributed by atoms with E-state index in [0.717, 1.165) is 0 Å². The zero-order valence-corrected chi connectivity index (χ0v) is 6.01.